The fraction of sp³-hybridized carbons (Fsp3) is 0.500. The molecule has 20 heavy (non-hydrogen) atoms. The minimum absolute atomic E-state index is 0.0823. The molecule has 3 rings (SSSR count). The Bertz CT molecular complexity index is 636. The fourth-order valence-electron chi connectivity index (χ4n) is 2.78. The number of hydrogen-bond acceptors (Lipinski definition) is 3. The Morgan fingerprint density at radius 1 is 1.30 bits per heavy atom. The number of aliphatic carboxylic acids is 1. The summed E-state index contributed by atoms with van der Waals surface area (Å²) in [4.78, 5) is 11.6. The van der Waals surface area contributed by atoms with Crippen molar-refractivity contribution in [2.24, 2.45) is 5.92 Å². The van der Waals surface area contributed by atoms with Crippen molar-refractivity contribution in [2.75, 3.05) is 12.3 Å². The van der Waals surface area contributed by atoms with E-state index in [0.717, 1.165) is 18.4 Å². The van der Waals surface area contributed by atoms with Gasteiger partial charge in [0.2, 0.25) is 10.0 Å². The summed E-state index contributed by atoms with van der Waals surface area (Å²) in [6.07, 6.45) is 2.44. The molecule has 1 saturated carbocycles. The van der Waals surface area contributed by atoms with Crippen molar-refractivity contribution in [1.82, 2.24) is 4.31 Å². The molecule has 1 unspecified atom stereocenters. The first-order chi connectivity index (χ1) is 9.49. The minimum Gasteiger partial charge on any atom is -0.480 e. The van der Waals surface area contributed by atoms with Gasteiger partial charge >= 0.3 is 5.97 Å². The van der Waals surface area contributed by atoms with Crippen LogP contribution in [0.15, 0.2) is 24.3 Å². The molecule has 1 aromatic rings. The first kappa shape index (κ1) is 13.6. The molecule has 0 amide bonds. The maximum atomic E-state index is 12.4. The topological polar surface area (TPSA) is 74.7 Å². The van der Waals surface area contributed by atoms with Crippen LogP contribution in [0.5, 0.6) is 0 Å². The zero-order chi connectivity index (χ0) is 14.3. The van der Waals surface area contributed by atoms with Crippen molar-refractivity contribution < 1.29 is 18.3 Å². The van der Waals surface area contributed by atoms with Gasteiger partial charge < -0.3 is 5.11 Å². The minimum atomic E-state index is -3.50. The van der Waals surface area contributed by atoms with E-state index in [0.29, 0.717) is 12.0 Å². The van der Waals surface area contributed by atoms with Crippen LogP contribution in [0.25, 0.3) is 0 Å². The lowest BCUT2D eigenvalue weighted by Crippen LogP contribution is -2.44. The molecule has 1 aromatic carbocycles. The lowest BCUT2D eigenvalue weighted by atomic mass is 9.94. The number of hydrogen-bond donors (Lipinski definition) is 1. The van der Waals surface area contributed by atoms with Gasteiger partial charge in [0.15, 0.2) is 0 Å². The van der Waals surface area contributed by atoms with Gasteiger partial charge in [-0.05, 0) is 36.3 Å². The highest BCUT2D eigenvalue weighted by atomic mass is 32.2. The highest BCUT2D eigenvalue weighted by Crippen LogP contribution is 2.36. The van der Waals surface area contributed by atoms with E-state index in [-0.39, 0.29) is 18.2 Å². The first-order valence-electron chi connectivity index (χ1n) is 6.79. The smallest absolute Gasteiger partial charge is 0.326 e. The number of carboxylic acid groups (broad SMARTS) is 1. The number of benzene rings is 1. The van der Waals surface area contributed by atoms with Gasteiger partial charge in [0.25, 0.3) is 0 Å². The van der Waals surface area contributed by atoms with Gasteiger partial charge in [0, 0.05) is 6.54 Å². The summed E-state index contributed by atoms with van der Waals surface area (Å²) < 4.78 is 26.0. The summed E-state index contributed by atoms with van der Waals surface area (Å²) in [5.74, 6) is -0.804. The molecule has 108 valence electrons. The Morgan fingerprint density at radius 3 is 2.65 bits per heavy atom. The molecule has 1 aliphatic carbocycles. The van der Waals surface area contributed by atoms with Crippen molar-refractivity contribution in [3.63, 3.8) is 0 Å². The van der Waals surface area contributed by atoms with Crippen LogP contribution < -0.4 is 0 Å². The molecule has 0 aromatic heterocycles. The van der Waals surface area contributed by atoms with E-state index in [1.54, 1.807) is 12.1 Å². The maximum Gasteiger partial charge on any atom is 0.326 e. The number of fused-ring (bicyclic) bond motifs is 1. The summed E-state index contributed by atoms with van der Waals surface area (Å²) in [5, 5.41) is 9.46. The van der Waals surface area contributed by atoms with E-state index in [1.807, 2.05) is 12.1 Å². The Balaban J connectivity index is 1.97. The largest absolute Gasteiger partial charge is 0.480 e. The van der Waals surface area contributed by atoms with Crippen molar-refractivity contribution in [1.29, 1.82) is 0 Å². The third-order valence-corrected chi connectivity index (χ3v) is 5.97. The maximum absolute atomic E-state index is 12.4. The van der Waals surface area contributed by atoms with Gasteiger partial charge in [-0.15, -0.1) is 0 Å². The summed E-state index contributed by atoms with van der Waals surface area (Å²) >= 11 is 0. The van der Waals surface area contributed by atoms with E-state index in [2.05, 4.69) is 0 Å². The second-order valence-electron chi connectivity index (χ2n) is 5.52. The van der Waals surface area contributed by atoms with E-state index < -0.39 is 22.0 Å². The van der Waals surface area contributed by atoms with Crippen LogP contribution in [0.3, 0.4) is 0 Å². The third kappa shape index (κ3) is 2.45. The van der Waals surface area contributed by atoms with E-state index in [9.17, 15) is 18.3 Å². The van der Waals surface area contributed by atoms with Crippen LogP contribution in [0.1, 0.15) is 30.0 Å². The van der Waals surface area contributed by atoms with Crippen molar-refractivity contribution in [3.8, 4) is 0 Å². The molecule has 1 aliphatic heterocycles. The van der Waals surface area contributed by atoms with Crippen LogP contribution >= 0.6 is 0 Å². The van der Waals surface area contributed by atoms with Crippen LogP contribution in [0.4, 0.5) is 0 Å². The fourth-order valence-corrected chi connectivity index (χ4v) is 4.79. The molecular weight excluding hydrogens is 278 g/mol. The van der Waals surface area contributed by atoms with E-state index >= 15 is 0 Å². The zero-order valence-electron chi connectivity index (χ0n) is 11.0. The van der Waals surface area contributed by atoms with Gasteiger partial charge in [-0.25, -0.2) is 8.42 Å². The predicted molar refractivity (Wildman–Crippen MR) is 73.7 cm³/mol. The number of nitrogens with zero attached hydrogens (tertiary/aromatic N) is 1. The monoisotopic (exact) mass is 295 g/mol. The number of sulfonamides is 1. The summed E-state index contributed by atoms with van der Waals surface area (Å²) in [6, 6.07) is 6.12. The lowest BCUT2D eigenvalue weighted by Gasteiger charge is -2.33. The molecule has 0 bridgehead atoms. The SMILES string of the molecule is O=C(O)C1c2ccccc2CCN1S(=O)(=O)CC1CC1. The van der Waals surface area contributed by atoms with Gasteiger partial charge in [-0.2, -0.15) is 4.31 Å². The second kappa shape index (κ2) is 4.86. The Morgan fingerprint density at radius 2 is 2.00 bits per heavy atom. The van der Waals surface area contributed by atoms with Crippen molar-refractivity contribution in [2.45, 2.75) is 25.3 Å². The Hall–Kier alpha value is -1.40. The van der Waals surface area contributed by atoms with Crippen LogP contribution in [-0.2, 0) is 21.2 Å². The molecule has 6 heteroatoms. The highest BCUT2D eigenvalue weighted by Gasteiger charge is 2.41. The molecule has 1 fully saturated rings. The quantitative estimate of drug-likeness (QED) is 0.911. The molecule has 2 aliphatic rings. The standard InChI is InChI=1S/C14H17NO4S/c16-14(17)13-12-4-2-1-3-11(12)7-8-15(13)20(18,19)9-10-5-6-10/h1-4,10,13H,5-9H2,(H,16,17). The second-order valence-corrected chi connectivity index (χ2v) is 7.49. The molecule has 0 spiro atoms. The Labute approximate surface area is 118 Å². The van der Waals surface area contributed by atoms with Crippen LogP contribution in [-0.4, -0.2) is 36.1 Å². The van der Waals surface area contributed by atoms with Gasteiger partial charge in [-0.3, -0.25) is 4.79 Å². The van der Waals surface area contributed by atoms with Gasteiger partial charge in [0.05, 0.1) is 5.75 Å². The molecule has 1 heterocycles. The molecule has 0 radical (unpaired) electrons. The van der Waals surface area contributed by atoms with Gasteiger partial charge in [0.1, 0.15) is 6.04 Å². The molecule has 0 saturated heterocycles. The van der Waals surface area contributed by atoms with E-state index in [4.69, 9.17) is 0 Å². The van der Waals surface area contributed by atoms with Crippen molar-refractivity contribution in [3.05, 3.63) is 35.4 Å². The summed E-state index contributed by atoms with van der Waals surface area (Å²) in [6.45, 7) is 0.253. The Kier molecular flexibility index (Phi) is 3.30. The zero-order valence-corrected chi connectivity index (χ0v) is 11.8. The first-order valence-corrected chi connectivity index (χ1v) is 8.40. The van der Waals surface area contributed by atoms with Gasteiger partial charge in [-0.1, -0.05) is 24.3 Å². The predicted octanol–water partition coefficient (Wildman–Crippen LogP) is 1.41. The summed E-state index contributed by atoms with van der Waals surface area (Å²) in [5.41, 5.74) is 1.53. The normalized spacial score (nSPS) is 23.3. The molecule has 5 nitrogen and oxygen atoms in total. The highest BCUT2D eigenvalue weighted by molar-refractivity contribution is 7.89. The average Bonchev–Trinajstić information content (AvgIpc) is 3.20. The average molecular weight is 295 g/mol. The van der Waals surface area contributed by atoms with E-state index in [1.165, 1.54) is 4.31 Å². The molecule has 1 atom stereocenters. The number of carboxylic acids is 1. The van der Waals surface area contributed by atoms with Crippen LogP contribution in [0.2, 0.25) is 0 Å². The summed E-state index contributed by atoms with van der Waals surface area (Å²) in [7, 11) is -3.50. The third-order valence-electron chi connectivity index (χ3n) is 3.97. The van der Waals surface area contributed by atoms with Crippen LogP contribution in [0, 0.1) is 5.92 Å². The number of rotatable bonds is 4. The number of carbonyl (C=O) groups is 1. The molecule has 1 N–H and O–H groups in total. The molecular formula is C14H17NO4S. The van der Waals surface area contributed by atoms with Crippen molar-refractivity contribution >= 4 is 16.0 Å². The lowest BCUT2D eigenvalue weighted by molar-refractivity contribution is -0.142.